The Hall–Kier alpha value is -0.740. The van der Waals surface area contributed by atoms with E-state index in [-0.39, 0.29) is 0 Å². The third-order valence-corrected chi connectivity index (χ3v) is 3.39. The Kier molecular flexibility index (Phi) is 2.19. The van der Waals surface area contributed by atoms with Gasteiger partial charge >= 0.3 is 0 Å². The summed E-state index contributed by atoms with van der Waals surface area (Å²) in [5, 5.41) is 3.20. The Morgan fingerprint density at radius 3 is 2.92 bits per heavy atom. The molecule has 0 radical (unpaired) electrons. The minimum Gasteiger partial charge on any atom is -0.252 e. The van der Waals surface area contributed by atoms with Crippen LogP contribution < -0.4 is 0 Å². The van der Waals surface area contributed by atoms with Gasteiger partial charge in [0.25, 0.3) is 0 Å². The molecular formula is C8H8N2S2. The maximum Gasteiger partial charge on any atom is 0.135 e. The lowest BCUT2D eigenvalue weighted by Crippen LogP contribution is -1.77. The Morgan fingerprint density at radius 1 is 1.42 bits per heavy atom. The summed E-state index contributed by atoms with van der Waals surface area (Å²) in [6, 6.07) is 0. The first-order valence-electron chi connectivity index (χ1n) is 3.73. The summed E-state index contributed by atoms with van der Waals surface area (Å²) >= 11 is 3.33. The number of hydrogen-bond donors (Lipinski definition) is 0. The van der Waals surface area contributed by atoms with Crippen molar-refractivity contribution in [3.8, 4) is 9.88 Å². The fourth-order valence-corrected chi connectivity index (χ4v) is 2.50. The maximum absolute atomic E-state index is 4.46. The summed E-state index contributed by atoms with van der Waals surface area (Å²) in [5.41, 5.74) is 3.01. The molecule has 0 bridgehead atoms. The summed E-state index contributed by atoms with van der Waals surface area (Å²) in [4.78, 5) is 9.65. The van der Waals surface area contributed by atoms with Gasteiger partial charge in [0.1, 0.15) is 5.01 Å². The smallest absolute Gasteiger partial charge is 0.135 e. The SMILES string of the molecule is CCc1csc(-c2cncs2)n1. The Labute approximate surface area is 78.9 Å². The van der Waals surface area contributed by atoms with Crippen molar-refractivity contribution in [1.82, 2.24) is 9.97 Å². The van der Waals surface area contributed by atoms with Gasteiger partial charge in [0, 0.05) is 11.6 Å². The number of hydrogen-bond acceptors (Lipinski definition) is 4. The molecule has 0 aromatic carbocycles. The minimum atomic E-state index is 1.01. The lowest BCUT2D eigenvalue weighted by Gasteiger charge is -1.85. The molecule has 0 saturated heterocycles. The van der Waals surface area contributed by atoms with Crippen molar-refractivity contribution >= 4 is 22.7 Å². The standard InChI is InChI=1S/C8H8N2S2/c1-2-6-4-11-8(10-6)7-3-9-5-12-7/h3-5H,2H2,1H3. The first kappa shape index (κ1) is 7.89. The Morgan fingerprint density at radius 2 is 2.33 bits per heavy atom. The number of nitrogens with zero attached hydrogens (tertiary/aromatic N) is 2. The summed E-state index contributed by atoms with van der Waals surface area (Å²) in [5.74, 6) is 0. The van der Waals surface area contributed by atoms with Gasteiger partial charge < -0.3 is 0 Å². The van der Waals surface area contributed by atoms with E-state index in [0.717, 1.165) is 11.4 Å². The van der Waals surface area contributed by atoms with E-state index in [0.29, 0.717) is 0 Å². The summed E-state index contributed by atoms with van der Waals surface area (Å²) in [7, 11) is 0. The van der Waals surface area contributed by atoms with Crippen LogP contribution in [0.5, 0.6) is 0 Å². The second-order valence-electron chi connectivity index (χ2n) is 2.36. The first-order valence-corrected chi connectivity index (χ1v) is 5.49. The van der Waals surface area contributed by atoms with E-state index in [1.807, 2.05) is 11.7 Å². The van der Waals surface area contributed by atoms with Gasteiger partial charge in [0.2, 0.25) is 0 Å². The van der Waals surface area contributed by atoms with E-state index < -0.39 is 0 Å². The van der Waals surface area contributed by atoms with Gasteiger partial charge in [0.05, 0.1) is 16.1 Å². The normalized spacial score (nSPS) is 10.4. The van der Waals surface area contributed by atoms with Gasteiger partial charge in [-0.25, -0.2) is 4.98 Å². The minimum absolute atomic E-state index is 1.01. The molecule has 4 heteroatoms. The van der Waals surface area contributed by atoms with Crippen molar-refractivity contribution in [2.75, 3.05) is 0 Å². The molecule has 0 spiro atoms. The van der Waals surface area contributed by atoms with Gasteiger partial charge in [-0.15, -0.1) is 22.7 Å². The molecule has 0 N–H and O–H groups in total. The van der Waals surface area contributed by atoms with Crippen molar-refractivity contribution in [3.63, 3.8) is 0 Å². The zero-order valence-electron chi connectivity index (χ0n) is 6.65. The van der Waals surface area contributed by atoms with Crippen LogP contribution >= 0.6 is 22.7 Å². The first-order chi connectivity index (χ1) is 5.90. The zero-order chi connectivity index (χ0) is 8.39. The molecule has 0 aliphatic heterocycles. The maximum atomic E-state index is 4.46. The highest BCUT2D eigenvalue weighted by molar-refractivity contribution is 7.19. The number of aromatic nitrogens is 2. The topological polar surface area (TPSA) is 25.8 Å². The van der Waals surface area contributed by atoms with Crippen LogP contribution in [0.25, 0.3) is 9.88 Å². The number of thiazole rings is 2. The molecule has 0 saturated carbocycles. The van der Waals surface area contributed by atoms with Crippen molar-refractivity contribution in [2.24, 2.45) is 0 Å². The van der Waals surface area contributed by atoms with Crippen LogP contribution in [0.2, 0.25) is 0 Å². The van der Waals surface area contributed by atoms with E-state index in [2.05, 4.69) is 22.3 Å². The summed E-state index contributed by atoms with van der Waals surface area (Å²) < 4.78 is 0. The molecule has 0 fully saturated rings. The van der Waals surface area contributed by atoms with E-state index in [4.69, 9.17) is 0 Å². The lowest BCUT2D eigenvalue weighted by atomic mass is 10.4. The van der Waals surface area contributed by atoms with E-state index in [1.54, 1.807) is 22.7 Å². The van der Waals surface area contributed by atoms with Crippen LogP contribution in [0, 0.1) is 0 Å². The Bertz CT molecular complexity index is 351. The average Bonchev–Trinajstić information content (AvgIpc) is 2.75. The molecule has 0 amide bonds. The molecule has 0 aliphatic rings. The van der Waals surface area contributed by atoms with Crippen LogP contribution in [-0.4, -0.2) is 9.97 Å². The molecule has 62 valence electrons. The second-order valence-corrected chi connectivity index (χ2v) is 4.11. The number of aryl methyl sites for hydroxylation is 1. The van der Waals surface area contributed by atoms with Gasteiger partial charge in [0.15, 0.2) is 0 Å². The van der Waals surface area contributed by atoms with E-state index >= 15 is 0 Å². The molecule has 2 nitrogen and oxygen atoms in total. The zero-order valence-corrected chi connectivity index (χ0v) is 8.28. The monoisotopic (exact) mass is 196 g/mol. The van der Waals surface area contributed by atoms with Crippen molar-refractivity contribution in [2.45, 2.75) is 13.3 Å². The van der Waals surface area contributed by atoms with E-state index in [9.17, 15) is 0 Å². The lowest BCUT2D eigenvalue weighted by molar-refractivity contribution is 1.07. The predicted molar refractivity (Wildman–Crippen MR) is 52.6 cm³/mol. The largest absolute Gasteiger partial charge is 0.252 e. The van der Waals surface area contributed by atoms with Gasteiger partial charge in [-0.3, -0.25) is 4.98 Å². The van der Waals surface area contributed by atoms with Crippen LogP contribution in [0.1, 0.15) is 12.6 Å². The van der Waals surface area contributed by atoms with Crippen LogP contribution in [0.15, 0.2) is 17.1 Å². The molecule has 2 aromatic heterocycles. The van der Waals surface area contributed by atoms with Crippen molar-refractivity contribution in [3.05, 3.63) is 22.8 Å². The van der Waals surface area contributed by atoms with Crippen molar-refractivity contribution in [1.29, 1.82) is 0 Å². The quantitative estimate of drug-likeness (QED) is 0.738. The average molecular weight is 196 g/mol. The molecular weight excluding hydrogens is 188 g/mol. The molecule has 0 atom stereocenters. The van der Waals surface area contributed by atoms with Crippen LogP contribution in [-0.2, 0) is 6.42 Å². The highest BCUT2D eigenvalue weighted by atomic mass is 32.1. The third-order valence-electron chi connectivity index (χ3n) is 1.56. The van der Waals surface area contributed by atoms with Gasteiger partial charge in [-0.2, -0.15) is 0 Å². The van der Waals surface area contributed by atoms with Crippen LogP contribution in [0.3, 0.4) is 0 Å². The molecule has 12 heavy (non-hydrogen) atoms. The fourth-order valence-electron chi connectivity index (χ4n) is 0.904. The van der Waals surface area contributed by atoms with Gasteiger partial charge in [-0.05, 0) is 6.42 Å². The summed E-state index contributed by atoms with van der Waals surface area (Å²) in [6.07, 6.45) is 2.87. The predicted octanol–water partition coefficient (Wildman–Crippen LogP) is 2.83. The molecule has 2 rings (SSSR count). The summed E-state index contributed by atoms with van der Waals surface area (Å²) in [6.45, 7) is 2.12. The second kappa shape index (κ2) is 3.33. The van der Waals surface area contributed by atoms with Crippen molar-refractivity contribution < 1.29 is 0 Å². The van der Waals surface area contributed by atoms with Gasteiger partial charge in [-0.1, -0.05) is 6.92 Å². The fraction of sp³-hybridized carbons (Fsp3) is 0.250. The highest BCUT2D eigenvalue weighted by Gasteiger charge is 2.03. The highest BCUT2D eigenvalue weighted by Crippen LogP contribution is 2.26. The molecule has 2 heterocycles. The molecule has 2 aromatic rings. The Balaban J connectivity index is 2.35. The van der Waals surface area contributed by atoms with Crippen LogP contribution in [0.4, 0.5) is 0 Å². The van der Waals surface area contributed by atoms with E-state index in [1.165, 1.54) is 10.6 Å². The molecule has 0 aliphatic carbocycles. The molecule has 0 unspecified atom stereocenters. The number of rotatable bonds is 2. The third kappa shape index (κ3) is 1.40.